The fourth-order valence-corrected chi connectivity index (χ4v) is 2.54. The van der Waals surface area contributed by atoms with E-state index in [4.69, 9.17) is 10.8 Å². The number of carboxylic acid groups (broad SMARTS) is 1. The van der Waals surface area contributed by atoms with Crippen LogP contribution < -0.4 is 11.1 Å². The highest BCUT2D eigenvalue weighted by Crippen LogP contribution is 2.28. The van der Waals surface area contributed by atoms with Crippen molar-refractivity contribution in [3.8, 4) is 0 Å². The first-order valence-corrected chi connectivity index (χ1v) is 7.24. The summed E-state index contributed by atoms with van der Waals surface area (Å²) in [5, 5.41) is 11.8. The molecule has 0 spiro atoms. The lowest BCUT2D eigenvalue weighted by molar-refractivity contribution is -0.143. The van der Waals surface area contributed by atoms with Gasteiger partial charge >= 0.3 is 5.97 Å². The number of rotatable bonds is 7. The zero-order chi connectivity index (χ0) is 14.3. The molecule has 1 saturated carbocycles. The van der Waals surface area contributed by atoms with Crippen molar-refractivity contribution < 1.29 is 14.7 Å². The Hall–Kier alpha value is -1.10. The lowest BCUT2D eigenvalue weighted by atomic mass is 9.82. The van der Waals surface area contributed by atoms with Crippen LogP contribution in [0.25, 0.3) is 0 Å². The third-order valence-corrected chi connectivity index (χ3v) is 3.85. The molecule has 1 aliphatic rings. The van der Waals surface area contributed by atoms with E-state index in [0.717, 1.165) is 38.5 Å². The average molecular weight is 270 g/mol. The fourth-order valence-electron chi connectivity index (χ4n) is 2.54. The van der Waals surface area contributed by atoms with Gasteiger partial charge in [-0.2, -0.15) is 0 Å². The molecule has 0 radical (unpaired) electrons. The van der Waals surface area contributed by atoms with Crippen molar-refractivity contribution in [3.63, 3.8) is 0 Å². The first-order valence-electron chi connectivity index (χ1n) is 7.24. The van der Waals surface area contributed by atoms with Gasteiger partial charge in [0.1, 0.15) is 0 Å². The second kappa shape index (κ2) is 8.15. The highest BCUT2D eigenvalue weighted by atomic mass is 16.4. The Kier molecular flexibility index (Phi) is 6.84. The van der Waals surface area contributed by atoms with E-state index in [-0.39, 0.29) is 17.9 Å². The van der Waals surface area contributed by atoms with E-state index in [1.54, 1.807) is 0 Å². The number of amides is 1. The average Bonchev–Trinajstić information content (AvgIpc) is 2.36. The van der Waals surface area contributed by atoms with E-state index in [1.807, 2.05) is 6.92 Å². The van der Waals surface area contributed by atoms with Crippen LogP contribution in [0.3, 0.4) is 0 Å². The third kappa shape index (κ3) is 6.57. The van der Waals surface area contributed by atoms with Crippen molar-refractivity contribution in [1.82, 2.24) is 5.32 Å². The molecule has 5 heteroatoms. The standard InChI is InChI=1S/C14H26N2O3/c1-10(15)3-2-4-13(17)16-9-11-5-7-12(8-6-11)14(18)19/h10-12H,2-9,15H2,1H3,(H,16,17)(H,18,19). The van der Waals surface area contributed by atoms with E-state index in [1.165, 1.54) is 0 Å². The van der Waals surface area contributed by atoms with Gasteiger partial charge in [0.25, 0.3) is 0 Å². The summed E-state index contributed by atoms with van der Waals surface area (Å²) in [4.78, 5) is 22.4. The molecule has 0 saturated heterocycles. The second-order valence-electron chi connectivity index (χ2n) is 5.73. The van der Waals surface area contributed by atoms with Gasteiger partial charge in [-0.1, -0.05) is 0 Å². The highest BCUT2D eigenvalue weighted by molar-refractivity contribution is 5.75. The predicted molar refractivity (Wildman–Crippen MR) is 73.6 cm³/mol. The molecule has 0 aliphatic heterocycles. The summed E-state index contributed by atoms with van der Waals surface area (Å²) >= 11 is 0. The molecule has 0 aromatic heterocycles. The fraction of sp³-hybridized carbons (Fsp3) is 0.857. The maximum absolute atomic E-state index is 11.6. The Morgan fingerprint density at radius 2 is 1.95 bits per heavy atom. The van der Waals surface area contributed by atoms with Gasteiger partial charge in [0.15, 0.2) is 0 Å². The third-order valence-electron chi connectivity index (χ3n) is 3.85. The zero-order valence-electron chi connectivity index (χ0n) is 11.7. The van der Waals surface area contributed by atoms with Crippen LogP contribution >= 0.6 is 0 Å². The molecule has 1 unspecified atom stereocenters. The molecule has 1 atom stereocenters. The Morgan fingerprint density at radius 1 is 1.32 bits per heavy atom. The minimum atomic E-state index is -0.682. The van der Waals surface area contributed by atoms with Crippen LogP contribution in [0, 0.1) is 11.8 Å². The highest BCUT2D eigenvalue weighted by Gasteiger charge is 2.25. The molecule has 1 aliphatic carbocycles. The molecule has 0 aromatic carbocycles. The molecule has 5 nitrogen and oxygen atoms in total. The first-order chi connectivity index (χ1) is 8.99. The number of hydrogen-bond donors (Lipinski definition) is 3. The maximum atomic E-state index is 11.6. The number of carbonyl (C=O) groups is 2. The van der Waals surface area contributed by atoms with Gasteiger partial charge in [-0.3, -0.25) is 9.59 Å². The van der Waals surface area contributed by atoms with Crippen molar-refractivity contribution in [2.45, 2.75) is 57.9 Å². The molecule has 0 bridgehead atoms. The molecule has 0 heterocycles. The number of carbonyl (C=O) groups excluding carboxylic acids is 1. The van der Waals surface area contributed by atoms with Crippen LogP contribution in [0.1, 0.15) is 51.9 Å². The van der Waals surface area contributed by atoms with Crippen molar-refractivity contribution in [2.75, 3.05) is 6.54 Å². The summed E-state index contributed by atoms with van der Waals surface area (Å²) in [5.74, 6) is -0.342. The number of hydrogen-bond acceptors (Lipinski definition) is 3. The lowest BCUT2D eigenvalue weighted by Crippen LogP contribution is -2.32. The Labute approximate surface area is 114 Å². The van der Waals surface area contributed by atoms with E-state index < -0.39 is 5.97 Å². The van der Waals surface area contributed by atoms with Crippen molar-refractivity contribution in [3.05, 3.63) is 0 Å². The Bertz CT molecular complexity index is 297. The van der Waals surface area contributed by atoms with Crippen LogP contribution in [0.4, 0.5) is 0 Å². The summed E-state index contributed by atoms with van der Waals surface area (Å²) in [6.45, 7) is 2.63. The summed E-state index contributed by atoms with van der Waals surface area (Å²) in [5.41, 5.74) is 5.63. The summed E-state index contributed by atoms with van der Waals surface area (Å²) in [7, 11) is 0. The Morgan fingerprint density at radius 3 is 2.47 bits per heavy atom. The van der Waals surface area contributed by atoms with Gasteiger partial charge < -0.3 is 16.2 Å². The van der Waals surface area contributed by atoms with Crippen molar-refractivity contribution in [1.29, 1.82) is 0 Å². The van der Waals surface area contributed by atoms with Crippen LogP contribution in [0.15, 0.2) is 0 Å². The molecule has 19 heavy (non-hydrogen) atoms. The maximum Gasteiger partial charge on any atom is 0.306 e. The van der Waals surface area contributed by atoms with Gasteiger partial charge in [0, 0.05) is 19.0 Å². The van der Waals surface area contributed by atoms with Crippen LogP contribution in [0.5, 0.6) is 0 Å². The van der Waals surface area contributed by atoms with Crippen LogP contribution in [-0.2, 0) is 9.59 Å². The van der Waals surface area contributed by atoms with Crippen LogP contribution in [0.2, 0.25) is 0 Å². The number of nitrogens with two attached hydrogens (primary N) is 1. The van der Waals surface area contributed by atoms with Gasteiger partial charge in [0.2, 0.25) is 5.91 Å². The van der Waals surface area contributed by atoms with Crippen molar-refractivity contribution >= 4 is 11.9 Å². The van der Waals surface area contributed by atoms with Gasteiger partial charge in [-0.25, -0.2) is 0 Å². The predicted octanol–water partition coefficient (Wildman–Crippen LogP) is 1.51. The number of aliphatic carboxylic acids is 1. The molecule has 1 rings (SSSR count). The molecular formula is C14H26N2O3. The quantitative estimate of drug-likeness (QED) is 0.654. The molecule has 0 aromatic rings. The van der Waals surface area contributed by atoms with Crippen LogP contribution in [-0.4, -0.2) is 29.6 Å². The SMILES string of the molecule is CC(N)CCCC(=O)NCC1CCC(C(=O)O)CC1. The van der Waals surface area contributed by atoms with Crippen molar-refractivity contribution in [2.24, 2.45) is 17.6 Å². The van der Waals surface area contributed by atoms with E-state index >= 15 is 0 Å². The topological polar surface area (TPSA) is 92.4 Å². The smallest absolute Gasteiger partial charge is 0.306 e. The minimum Gasteiger partial charge on any atom is -0.481 e. The van der Waals surface area contributed by atoms with Gasteiger partial charge in [-0.05, 0) is 51.4 Å². The molecular weight excluding hydrogens is 244 g/mol. The number of carboxylic acids is 1. The molecule has 1 amide bonds. The summed E-state index contributed by atoms with van der Waals surface area (Å²) < 4.78 is 0. The Balaban J connectivity index is 2.10. The first kappa shape index (κ1) is 16.0. The minimum absolute atomic E-state index is 0.0843. The second-order valence-corrected chi connectivity index (χ2v) is 5.73. The van der Waals surface area contributed by atoms with Gasteiger partial charge in [0.05, 0.1) is 5.92 Å². The largest absolute Gasteiger partial charge is 0.481 e. The zero-order valence-corrected chi connectivity index (χ0v) is 11.7. The summed E-state index contributed by atoms with van der Waals surface area (Å²) in [6.07, 6.45) is 5.51. The van der Waals surface area contributed by atoms with E-state index in [0.29, 0.717) is 18.9 Å². The van der Waals surface area contributed by atoms with E-state index in [2.05, 4.69) is 5.32 Å². The normalized spacial score (nSPS) is 24.7. The molecule has 1 fully saturated rings. The van der Waals surface area contributed by atoms with Gasteiger partial charge in [-0.15, -0.1) is 0 Å². The summed E-state index contributed by atoms with van der Waals surface area (Å²) in [6, 6.07) is 0.152. The van der Waals surface area contributed by atoms with E-state index in [9.17, 15) is 9.59 Å². The molecule has 4 N–H and O–H groups in total. The number of nitrogens with one attached hydrogen (secondary N) is 1. The monoisotopic (exact) mass is 270 g/mol. The molecule has 110 valence electrons. The lowest BCUT2D eigenvalue weighted by Gasteiger charge is -2.26.